The van der Waals surface area contributed by atoms with E-state index in [2.05, 4.69) is 17.4 Å². The average molecular weight is 192 g/mol. The Morgan fingerprint density at radius 2 is 1.93 bits per heavy atom. The molecule has 0 radical (unpaired) electrons. The topological polar surface area (TPSA) is 23.3 Å². The lowest BCUT2D eigenvalue weighted by atomic mass is 10.2. The fourth-order valence-corrected chi connectivity index (χ4v) is 1.24. The smallest absolute Gasteiger partial charge is 0.0716 e. The van der Waals surface area contributed by atoms with Crippen LogP contribution in [0.1, 0.15) is 18.4 Å². The highest BCUT2D eigenvalue weighted by Gasteiger charge is 1.90. The van der Waals surface area contributed by atoms with Crippen LogP contribution in [-0.4, -0.2) is 20.2 Å². The van der Waals surface area contributed by atoms with Gasteiger partial charge in [-0.05, 0) is 12.0 Å². The molecular weight excluding hydrogens is 174 g/mol. The van der Waals surface area contributed by atoms with Crippen LogP contribution >= 0.6 is 0 Å². The molecule has 0 aliphatic heterocycles. The normalized spacial score (nSPS) is 10.4. The fraction of sp³-hybridized carbons (Fsp3) is 0.500. The molecule has 1 aromatic carbocycles. The van der Waals surface area contributed by atoms with Gasteiger partial charge in [0.05, 0.1) is 6.61 Å². The summed E-state index contributed by atoms with van der Waals surface area (Å²) in [5.74, 6) is 0. The zero-order valence-electron chi connectivity index (χ0n) is 8.78. The van der Waals surface area contributed by atoms with Gasteiger partial charge in [0.2, 0.25) is 0 Å². The van der Waals surface area contributed by atoms with E-state index in [9.17, 15) is 0 Å². The second kappa shape index (κ2) is 7.54. The van der Waals surface area contributed by atoms with Crippen molar-refractivity contribution in [3.63, 3.8) is 0 Å². The minimum absolute atomic E-state index is 0.726. The second-order valence-corrected chi connectivity index (χ2v) is 3.29. The lowest BCUT2D eigenvalue weighted by Gasteiger charge is -2.10. The van der Waals surface area contributed by atoms with Crippen molar-refractivity contribution in [3.8, 4) is 0 Å². The van der Waals surface area contributed by atoms with Crippen LogP contribution in [-0.2, 0) is 11.3 Å². The zero-order chi connectivity index (χ0) is 10.1. The Labute approximate surface area is 86.3 Å². The van der Waals surface area contributed by atoms with E-state index in [0.29, 0.717) is 0 Å². The van der Waals surface area contributed by atoms with Crippen molar-refractivity contribution in [2.75, 3.05) is 20.2 Å². The lowest BCUT2D eigenvalue weighted by molar-refractivity contribution is 0.118. The molecule has 0 amide bonds. The van der Waals surface area contributed by atoms with Crippen molar-refractivity contribution >= 4 is 0 Å². The van der Waals surface area contributed by atoms with E-state index < -0.39 is 0 Å². The third-order valence-electron chi connectivity index (χ3n) is 2.03. The Morgan fingerprint density at radius 3 is 2.64 bits per heavy atom. The zero-order valence-corrected chi connectivity index (χ0v) is 8.78. The third kappa shape index (κ3) is 5.00. The Morgan fingerprint density at radius 1 is 1.14 bits per heavy atom. The molecule has 0 fully saturated rings. The van der Waals surface area contributed by atoms with Crippen LogP contribution in [0.15, 0.2) is 30.3 Å². The van der Waals surface area contributed by atoms with Crippen molar-refractivity contribution in [3.05, 3.63) is 41.2 Å². The largest absolute Gasteiger partial charge is 0.665 e. The highest BCUT2D eigenvalue weighted by molar-refractivity contribution is 5.13. The molecule has 78 valence electrons. The third-order valence-corrected chi connectivity index (χ3v) is 2.03. The van der Waals surface area contributed by atoms with Crippen LogP contribution in [0.2, 0.25) is 0 Å². The van der Waals surface area contributed by atoms with Gasteiger partial charge >= 0.3 is 0 Å². The maximum absolute atomic E-state index is 5.52. The molecule has 2 nitrogen and oxygen atoms in total. The number of hydrogen-bond acceptors (Lipinski definition) is 1. The first kappa shape index (κ1) is 11.2. The van der Waals surface area contributed by atoms with Gasteiger partial charge < -0.3 is 10.1 Å². The first-order valence-corrected chi connectivity index (χ1v) is 5.11. The molecule has 0 aliphatic carbocycles. The highest BCUT2D eigenvalue weighted by Crippen LogP contribution is 2.01. The molecule has 2 heteroatoms. The van der Waals surface area contributed by atoms with Crippen LogP contribution in [0, 0.1) is 0 Å². The summed E-state index contributed by atoms with van der Waals surface area (Å²) in [6, 6.07) is 10.3. The Kier molecular flexibility index (Phi) is 6.04. The van der Waals surface area contributed by atoms with Crippen LogP contribution < -0.4 is 0 Å². The molecule has 14 heavy (non-hydrogen) atoms. The number of unbranched alkanes of at least 4 members (excludes halogenated alkanes) is 1. The van der Waals surface area contributed by atoms with E-state index >= 15 is 0 Å². The Hall–Kier alpha value is -0.860. The summed E-state index contributed by atoms with van der Waals surface area (Å²) in [4.78, 5) is 0. The van der Waals surface area contributed by atoms with Crippen LogP contribution in [0.4, 0.5) is 0 Å². The minimum Gasteiger partial charge on any atom is -0.665 e. The van der Waals surface area contributed by atoms with Gasteiger partial charge in [-0.15, -0.1) is 6.54 Å². The molecule has 1 aromatic rings. The second-order valence-electron chi connectivity index (χ2n) is 3.29. The van der Waals surface area contributed by atoms with Gasteiger partial charge in [-0.2, -0.15) is 7.05 Å². The van der Waals surface area contributed by atoms with Gasteiger partial charge in [-0.3, -0.25) is 0 Å². The van der Waals surface area contributed by atoms with Crippen molar-refractivity contribution in [1.82, 2.24) is 0 Å². The summed E-state index contributed by atoms with van der Waals surface area (Å²) in [5, 5.41) is 4.04. The first-order valence-electron chi connectivity index (χ1n) is 5.11. The van der Waals surface area contributed by atoms with Gasteiger partial charge in [-0.25, -0.2) is 0 Å². The predicted octanol–water partition coefficient (Wildman–Crippen LogP) is 2.99. The quantitative estimate of drug-likeness (QED) is 0.609. The summed E-state index contributed by atoms with van der Waals surface area (Å²) in [6.07, 6.45) is 2.23. The van der Waals surface area contributed by atoms with E-state index in [4.69, 9.17) is 4.74 Å². The van der Waals surface area contributed by atoms with Gasteiger partial charge in [0, 0.05) is 6.61 Å². The molecule has 0 bridgehead atoms. The summed E-state index contributed by atoms with van der Waals surface area (Å²) in [5.41, 5.74) is 1.24. The number of benzene rings is 1. The number of nitrogens with zero attached hydrogens (tertiary/aromatic N) is 1. The number of ether oxygens (including phenoxy) is 1. The molecule has 0 unspecified atom stereocenters. The van der Waals surface area contributed by atoms with Crippen molar-refractivity contribution in [2.24, 2.45) is 0 Å². The minimum atomic E-state index is 0.726. The number of rotatable bonds is 7. The molecule has 0 aromatic heterocycles. The molecule has 0 saturated heterocycles. The molecule has 0 atom stereocenters. The van der Waals surface area contributed by atoms with E-state index in [-0.39, 0.29) is 0 Å². The van der Waals surface area contributed by atoms with Gasteiger partial charge in [0.25, 0.3) is 0 Å². The van der Waals surface area contributed by atoms with Crippen LogP contribution in [0.25, 0.3) is 5.32 Å². The molecule has 1 rings (SSSR count). The Bertz CT molecular complexity index is 223. The van der Waals surface area contributed by atoms with Crippen molar-refractivity contribution < 1.29 is 4.74 Å². The molecule has 0 heterocycles. The maximum Gasteiger partial charge on any atom is 0.0716 e. The summed E-state index contributed by atoms with van der Waals surface area (Å²) in [7, 11) is 1.85. The van der Waals surface area contributed by atoms with E-state index in [0.717, 1.165) is 32.6 Å². The van der Waals surface area contributed by atoms with Crippen LogP contribution in [0.5, 0.6) is 0 Å². The van der Waals surface area contributed by atoms with Gasteiger partial charge in [0.15, 0.2) is 0 Å². The highest BCUT2D eigenvalue weighted by atomic mass is 16.5. The summed E-state index contributed by atoms with van der Waals surface area (Å²) < 4.78 is 5.52. The molecular formula is C12H18NO-. The van der Waals surface area contributed by atoms with E-state index in [1.165, 1.54) is 5.56 Å². The molecule has 0 saturated carbocycles. The standard InChI is InChI=1S/C12H18NO/c1-13-9-5-6-10-14-11-12-7-3-2-4-8-12/h2-4,7-8H,5-6,9-11H2,1H3/q-1. The van der Waals surface area contributed by atoms with Gasteiger partial charge in [0.1, 0.15) is 0 Å². The van der Waals surface area contributed by atoms with E-state index in [1.807, 2.05) is 25.2 Å². The molecule has 0 N–H and O–H groups in total. The first-order chi connectivity index (χ1) is 6.93. The van der Waals surface area contributed by atoms with Crippen LogP contribution in [0.3, 0.4) is 0 Å². The monoisotopic (exact) mass is 192 g/mol. The summed E-state index contributed by atoms with van der Waals surface area (Å²) in [6.45, 7) is 2.52. The Balaban J connectivity index is 1.99. The molecule has 0 spiro atoms. The molecule has 0 aliphatic rings. The average Bonchev–Trinajstić information content (AvgIpc) is 2.25. The number of hydrogen-bond donors (Lipinski definition) is 0. The van der Waals surface area contributed by atoms with Crippen molar-refractivity contribution in [1.29, 1.82) is 0 Å². The predicted molar refractivity (Wildman–Crippen MR) is 59.5 cm³/mol. The lowest BCUT2D eigenvalue weighted by Crippen LogP contribution is -1.96. The van der Waals surface area contributed by atoms with Crippen molar-refractivity contribution in [2.45, 2.75) is 19.4 Å². The maximum atomic E-state index is 5.52. The van der Waals surface area contributed by atoms with E-state index in [1.54, 1.807) is 0 Å². The summed E-state index contributed by atoms with van der Waals surface area (Å²) >= 11 is 0. The van der Waals surface area contributed by atoms with Gasteiger partial charge in [-0.1, -0.05) is 36.8 Å². The fourth-order valence-electron chi connectivity index (χ4n) is 1.24. The SMILES string of the molecule is C[N-]CCCCOCc1ccccc1.